The lowest BCUT2D eigenvalue weighted by molar-refractivity contribution is -0.144. The topological polar surface area (TPSA) is 76.2 Å². The van der Waals surface area contributed by atoms with Crippen LogP contribution in [0.2, 0.25) is 0 Å². The molecule has 0 aliphatic carbocycles. The summed E-state index contributed by atoms with van der Waals surface area (Å²) in [7, 11) is -3.23. The summed E-state index contributed by atoms with van der Waals surface area (Å²) in [5.74, 6) is 0.267. The van der Waals surface area contributed by atoms with Gasteiger partial charge in [-0.05, 0) is 32.1 Å². The molecule has 3 heterocycles. The molecule has 3 saturated heterocycles. The van der Waals surface area contributed by atoms with Crippen molar-refractivity contribution in [2.24, 2.45) is 11.8 Å². The van der Waals surface area contributed by atoms with Gasteiger partial charge in [0.2, 0.25) is 15.9 Å². The summed E-state index contributed by atoms with van der Waals surface area (Å²) in [6.07, 6.45) is 3.90. The van der Waals surface area contributed by atoms with Gasteiger partial charge in [-0.3, -0.25) is 4.79 Å². The third-order valence-corrected chi connectivity index (χ3v) is 7.43. The van der Waals surface area contributed by atoms with Gasteiger partial charge in [-0.15, -0.1) is 0 Å². The van der Waals surface area contributed by atoms with Crippen molar-refractivity contribution in [2.75, 3.05) is 45.1 Å². The summed E-state index contributed by atoms with van der Waals surface area (Å²) in [6.45, 7) is 5.40. The number of rotatable bonds is 5. The molecule has 0 bridgehead atoms. The Morgan fingerprint density at radius 1 is 1.08 bits per heavy atom. The van der Waals surface area contributed by atoms with E-state index in [2.05, 4.69) is 0 Å². The van der Waals surface area contributed by atoms with E-state index in [1.54, 1.807) is 0 Å². The molecule has 144 valence electrons. The fraction of sp³-hybridized carbons (Fsp3) is 0.941. The van der Waals surface area contributed by atoms with Gasteiger partial charge in [-0.25, -0.2) is 12.7 Å². The Kier molecular flexibility index (Phi) is 6.35. The van der Waals surface area contributed by atoms with Crippen molar-refractivity contribution in [1.82, 2.24) is 9.21 Å². The van der Waals surface area contributed by atoms with Crippen LogP contribution in [0.1, 0.15) is 39.0 Å². The van der Waals surface area contributed by atoms with Gasteiger partial charge in [0.1, 0.15) is 0 Å². The first-order valence-electron chi connectivity index (χ1n) is 9.51. The van der Waals surface area contributed by atoms with Crippen LogP contribution in [0.4, 0.5) is 0 Å². The van der Waals surface area contributed by atoms with Gasteiger partial charge in [0, 0.05) is 32.1 Å². The standard InChI is InChI=1S/C17H30N2O5S/c1-2-11-25(21,22)19-8-4-5-14(13-19)16(20)18-7-3-6-15(12-18)17-23-9-10-24-17/h14-15,17H,2-13H2,1H3. The maximum atomic E-state index is 13.0. The molecule has 7 nitrogen and oxygen atoms in total. The lowest BCUT2D eigenvalue weighted by Crippen LogP contribution is -2.50. The van der Waals surface area contributed by atoms with Crippen LogP contribution in [0, 0.1) is 11.8 Å². The van der Waals surface area contributed by atoms with Crippen LogP contribution in [0.3, 0.4) is 0 Å². The zero-order chi connectivity index (χ0) is 17.9. The maximum Gasteiger partial charge on any atom is 0.227 e. The number of carbonyl (C=O) groups excluding carboxylic acids is 1. The van der Waals surface area contributed by atoms with Crippen LogP contribution in [0.25, 0.3) is 0 Å². The molecule has 3 rings (SSSR count). The average Bonchev–Trinajstić information content (AvgIpc) is 3.16. The average molecular weight is 375 g/mol. The van der Waals surface area contributed by atoms with Gasteiger partial charge in [0.25, 0.3) is 0 Å². The van der Waals surface area contributed by atoms with Crippen LogP contribution in [0.5, 0.6) is 0 Å². The number of hydrogen-bond acceptors (Lipinski definition) is 5. The first kappa shape index (κ1) is 19.1. The number of ether oxygens (including phenoxy) is 2. The molecule has 3 aliphatic rings. The second-order valence-corrected chi connectivity index (χ2v) is 9.40. The summed E-state index contributed by atoms with van der Waals surface area (Å²) < 4.78 is 37.4. The van der Waals surface area contributed by atoms with Gasteiger partial charge in [0.15, 0.2) is 6.29 Å². The highest BCUT2D eigenvalue weighted by molar-refractivity contribution is 7.89. The lowest BCUT2D eigenvalue weighted by atomic mass is 9.93. The van der Waals surface area contributed by atoms with Crippen molar-refractivity contribution in [1.29, 1.82) is 0 Å². The SMILES string of the molecule is CCCS(=O)(=O)N1CCCC(C(=O)N2CCCC(C3OCCO3)C2)C1. The van der Waals surface area contributed by atoms with E-state index in [0.717, 1.165) is 32.2 Å². The molecular weight excluding hydrogens is 344 g/mol. The van der Waals surface area contributed by atoms with E-state index in [1.165, 1.54) is 4.31 Å². The predicted molar refractivity (Wildman–Crippen MR) is 93.4 cm³/mol. The Balaban J connectivity index is 1.59. The molecule has 0 N–H and O–H groups in total. The Bertz CT molecular complexity index is 561. The van der Waals surface area contributed by atoms with Crippen LogP contribution >= 0.6 is 0 Å². The van der Waals surface area contributed by atoms with Crippen molar-refractivity contribution in [3.05, 3.63) is 0 Å². The largest absolute Gasteiger partial charge is 0.350 e. The molecule has 8 heteroatoms. The van der Waals surface area contributed by atoms with Crippen LogP contribution in [-0.4, -0.2) is 75.0 Å². The van der Waals surface area contributed by atoms with Crippen molar-refractivity contribution in [2.45, 2.75) is 45.3 Å². The highest BCUT2D eigenvalue weighted by Gasteiger charge is 2.37. The molecule has 0 spiro atoms. The minimum atomic E-state index is -3.23. The Labute approximate surface area is 150 Å². The van der Waals surface area contributed by atoms with E-state index in [4.69, 9.17) is 9.47 Å². The molecule has 0 aromatic carbocycles. The fourth-order valence-electron chi connectivity index (χ4n) is 4.12. The molecule has 0 aromatic rings. The number of amides is 1. The third kappa shape index (κ3) is 4.53. The van der Waals surface area contributed by atoms with Crippen LogP contribution in [-0.2, 0) is 24.3 Å². The molecule has 1 amide bonds. The zero-order valence-electron chi connectivity index (χ0n) is 15.1. The quantitative estimate of drug-likeness (QED) is 0.719. The maximum absolute atomic E-state index is 13.0. The summed E-state index contributed by atoms with van der Waals surface area (Å²) in [5.41, 5.74) is 0. The Hall–Kier alpha value is -0.700. The number of sulfonamides is 1. The first-order chi connectivity index (χ1) is 12.0. The van der Waals surface area contributed by atoms with Gasteiger partial charge in [-0.2, -0.15) is 0 Å². The van der Waals surface area contributed by atoms with Crippen molar-refractivity contribution >= 4 is 15.9 Å². The second-order valence-electron chi connectivity index (χ2n) is 7.31. The molecule has 3 aliphatic heterocycles. The number of hydrogen-bond donors (Lipinski definition) is 0. The molecule has 3 fully saturated rings. The van der Waals surface area contributed by atoms with Crippen LogP contribution < -0.4 is 0 Å². The van der Waals surface area contributed by atoms with E-state index in [-0.39, 0.29) is 29.8 Å². The van der Waals surface area contributed by atoms with E-state index in [1.807, 2.05) is 11.8 Å². The minimum Gasteiger partial charge on any atom is -0.350 e. The zero-order valence-corrected chi connectivity index (χ0v) is 15.9. The van der Waals surface area contributed by atoms with E-state index >= 15 is 0 Å². The smallest absolute Gasteiger partial charge is 0.227 e. The Morgan fingerprint density at radius 3 is 2.52 bits per heavy atom. The second kappa shape index (κ2) is 8.33. The number of piperidine rings is 2. The molecule has 2 atom stereocenters. The molecule has 0 radical (unpaired) electrons. The van der Waals surface area contributed by atoms with Crippen molar-refractivity contribution in [3.8, 4) is 0 Å². The van der Waals surface area contributed by atoms with E-state index in [0.29, 0.717) is 39.3 Å². The molecule has 25 heavy (non-hydrogen) atoms. The predicted octanol–water partition coefficient (Wildman–Crippen LogP) is 1.05. The van der Waals surface area contributed by atoms with Crippen LogP contribution in [0.15, 0.2) is 0 Å². The molecule has 2 unspecified atom stereocenters. The fourth-order valence-corrected chi connectivity index (χ4v) is 5.71. The van der Waals surface area contributed by atoms with E-state index in [9.17, 15) is 13.2 Å². The number of carbonyl (C=O) groups is 1. The first-order valence-corrected chi connectivity index (χ1v) is 11.1. The van der Waals surface area contributed by atoms with Gasteiger partial charge < -0.3 is 14.4 Å². The third-order valence-electron chi connectivity index (χ3n) is 5.39. The number of nitrogens with zero attached hydrogens (tertiary/aromatic N) is 2. The molecular formula is C17H30N2O5S. The highest BCUT2D eigenvalue weighted by atomic mass is 32.2. The summed E-state index contributed by atoms with van der Waals surface area (Å²) in [6, 6.07) is 0. The number of likely N-dealkylation sites (tertiary alicyclic amines) is 1. The van der Waals surface area contributed by atoms with E-state index < -0.39 is 10.0 Å². The van der Waals surface area contributed by atoms with Gasteiger partial charge in [0.05, 0.1) is 24.9 Å². The molecule has 0 aromatic heterocycles. The lowest BCUT2D eigenvalue weighted by Gasteiger charge is -2.38. The highest BCUT2D eigenvalue weighted by Crippen LogP contribution is 2.28. The summed E-state index contributed by atoms with van der Waals surface area (Å²) >= 11 is 0. The minimum absolute atomic E-state index is 0.0964. The van der Waals surface area contributed by atoms with Gasteiger partial charge >= 0.3 is 0 Å². The normalized spacial score (nSPS) is 29.9. The summed E-state index contributed by atoms with van der Waals surface area (Å²) in [4.78, 5) is 14.9. The molecule has 0 saturated carbocycles. The monoisotopic (exact) mass is 374 g/mol. The Morgan fingerprint density at radius 2 is 1.80 bits per heavy atom. The van der Waals surface area contributed by atoms with Crippen molar-refractivity contribution < 1.29 is 22.7 Å². The summed E-state index contributed by atoms with van der Waals surface area (Å²) in [5, 5.41) is 0. The van der Waals surface area contributed by atoms with Gasteiger partial charge in [-0.1, -0.05) is 6.92 Å². The van der Waals surface area contributed by atoms with Crippen molar-refractivity contribution in [3.63, 3.8) is 0 Å².